The molecule has 2 N–H and O–H groups in total. The summed E-state index contributed by atoms with van der Waals surface area (Å²) in [4.78, 5) is -0.151. The van der Waals surface area contributed by atoms with Crippen LogP contribution in [0, 0.1) is 5.92 Å². The summed E-state index contributed by atoms with van der Waals surface area (Å²) in [6.45, 7) is 5.56. The zero-order valence-electron chi connectivity index (χ0n) is 11.9. The molecule has 0 radical (unpaired) electrons. The Morgan fingerprint density at radius 2 is 1.45 bits per heavy atom. The molecule has 0 unspecified atom stereocenters. The average molecular weight is 320 g/mol. The zero-order valence-corrected chi connectivity index (χ0v) is 13.5. The Morgan fingerprint density at radius 1 is 0.950 bits per heavy atom. The van der Waals surface area contributed by atoms with Gasteiger partial charge in [-0.25, -0.2) is 26.3 Å². The van der Waals surface area contributed by atoms with Gasteiger partial charge < -0.3 is 0 Å². The van der Waals surface area contributed by atoms with Crippen molar-refractivity contribution >= 4 is 20.0 Å². The van der Waals surface area contributed by atoms with Crippen LogP contribution in [-0.4, -0.2) is 29.9 Å². The number of nitrogens with one attached hydrogen (secondary N) is 2. The van der Waals surface area contributed by atoms with Crippen molar-refractivity contribution in [3.63, 3.8) is 0 Å². The van der Waals surface area contributed by atoms with E-state index in [1.165, 1.54) is 25.2 Å². The van der Waals surface area contributed by atoms with Crippen molar-refractivity contribution < 1.29 is 16.8 Å². The number of sulfonamides is 2. The van der Waals surface area contributed by atoms with Gasteiger partial charge in [-0.2, -0.15) is 0 Å². The van der Waals surface area contributed by atoms with Crippen molar-refractivity contribution in [1.29, 1.82) is 0 Å². The lowest BCUT2D eigenvalue weighted by Gasteiger charge is -2.17. The summed E-state index contributed by atoms with van der Waals surface area (Å²) in [5, 5.41) is 0. The minimum absolute atomic E-state index is 0.0682. The quantitative estimate of drug-likeness (QED) is 0.815. The molecule has 20 heavy (non-hydrogen) atoms. The molecule has 0 saturated carbocycles. The fourth-order valence-corrected chi connectivity index (χ4v) is 3.66. The maximum Gasteiger partial charge on any atom is 0.240 e. The summed E-state index contributed by atoms with van der Waals surface area (Å²) in [5.41, 5.74) is 0. The van der Waals surface area contributed by atoms with Gasteiger partial charge in [0.25, 0.3) is 0 Å². The molecule has 0 amide bonds. The predicted molar refractivity (Wildman–Crippen MR) is 77.3 cm³/mol. The first-order valence-electron chi connectivity index (χ1n) is 6.16. The minimum atomic E-state index is -3.74. The summed E-state index contributed by atoms with van der Waals surface area (Å²) in [6.07, 6.45) is 0. The summed E-state index contributed by atoms with van der Waals surface area (Å²) >= 11 is 0. The van der Waals surface area contributed by atoms with Crippen LogP contribution in [0.4, 0.5) is 0 Å². The molecule has 8 heteroatoms. The summed E-state index contributed by atoms with van der Waals surface area (Å²) in [6, 6.07) is 5.01. The van der Waals surface area contributed by atoms with Gasteiger partial charge in [-0.1, -0.05) is 19.9 Å². The Morgan fingerprint density at radius 3 is 1.90 bits per heavy atom. The summed E-state index contributed by atoms with van der Waals surface area (Å²) in [5.74, 6) is 0.133. The first kappa shape index (κ1) is 17.1. The number of rotatable bonds is 6. The molecule has 0 aromatic heterocycles. The van der Waals surface area contributed by atoms with Crippen LogP contribution >= 0.6 is 0 Å². The second-order valence-electron chi connectivity index (χ2n) is 4.84. The molecular weight excluding hydrogens is 300 g/mol. The van der Waals surface area contributed by atoms with Gasteiger partial charge >= 0.3 is 0 Å². The molecule has 0 spiro atoms. The zero-order chi connectivity index (χ0) is 15.6. The van der Waals surface area contributed by atoms with Gasteiger partial charge in [-0.15, -0.1) is 0 Å². The normalized spacial score (nSPS) is 14.4. The van der Waals surface area contributed by atoms with Gasteiger partial charge in [0.2, 0.25) is 20.0 Å². The Bertz CT molecular complexity index is 666. The lowest BCUT2D eigenvalue weighted by molar-refractivity contribution is 0.476. The fourth-order valence-electron chi connectivity index (χ4n) is 1.38. The van der Waals surface area contributed by atoms with Crippen LogP contribution in [0.15, 0.2) is 34.1 Å². The van der Waals surface area contributed by atoms with Crippen molar-refractivity contribution in [2.45, 2.75) is 36.6 Å². The number of benzene rings is 1. The van der Waals surface area contributed by atoms with Crippen LogP contribution in [0.3, 0.4) is 0 Å². The molecule has 0 aliphatic carbocycles. The van der Waals surface area contributed by atoms with E-state index in [0.717, 1.165) is 6.07 Å². The summed E-state index contributed by atoms with van der Waals surface area (Å²) in [7, 11) is -6.13. The van der Waals surface area contributed by atoms with E-state index in [4.69, 9.17) is 0 Å². The van der Waals surface area contributed by atoms with Crippen LogP contribution in [-0.2, 0) is 20.0 Å². The van der Waals surface area contributed by atoms with Crippen molar-refractivity contribution in [3.8, 4) is 0 Å². The second kappa shape index (κ2) is 6.21. The largest absolute Gasteiger partial charge is 0.240 e. The Labute approximate surface area is 120 Å². The van der Waals surface area contributed by atoms with Crippen molar-refractivity contribution in [2.75, 3.05) is 7.05 Å². The third-order valence-electron chi connectivity index (χ3n) is 3.04. The molecule has 1 aromatic rings. The lowest BCUT2D eigenvalue weighted by atomic mass is 10.1. The number of hydrogen-bond donors (Lipinski definition) is 2. The maximum atomic E-state index is 12.2. The maximum absolute atomic E-state index is 12.2. The molecule has 0 heterocycles. The van der Waals surface area contributed by atoms with Gasteiger partial charge in [0.05, 0.1) is 9.79 Å². The lowest BCUT2D eigenvalue weighted by Crippen LogP contribution is -2.36. The third kappa shape index (κ3) is 4.02. The van der Waals surface area contributed by atoms with E-state index < -0.39 is 20.0 Å². The Kier molecular flexibility index (Phi) is 5.31. The monoisotopic (exact) mass is 320 g/mol. The molecule has 0 aliphatic heterocycles. The van der Waals surface area contributed by atoms with Gasteiger partial charge in [-0.3, -0.25) is 0 Å². The van der Waals surface area contributed by atoms with E-state index in [1.807, 2.05) is 13.8 Å². The molecule has 0 aliphatic rings. The molecule has 0 fully saturated rings. The first-order valence-corrected chi connectivity index (χ1v) is 9.12. The predicted octanol–water partition coefficient (Wildman–Crippen LogP) is 0.917. The van der Waals surface area contributed by atoms with Gasteiger partial charge in [0.15, 0.2) is 0 Å². The van der Waals surface area contributed by atoms with Crippen LogP contribution in [0.25, 0.3) is 0 Å². The molecule has 114 valence electrons. The first-order chi connectivity index (χ1) is 9.10. The van der Waals surface area contributed by atoms with Gasteiger partial charge in [0, 0.05) is 6.04 Å². The number of hydrogen-bond acceptors (Lipinski definition) is 4. The highest BCUT2D eigenvalue weighted by molar-refractivity contribution is 7.90. The van der Waals surface area contributed by atoms with Crippen LogP contribution < -0.4 is 9.44 Å². The standard InChI is InChI=1S/C12H20N2O4S2/c1-9(2)10(3)14-20(17,18)12-7-5-6-11(8-12)19(15,16)13-4/h5-10,13-14H,1-4H3/t10-/m0/s1. The van der Waals surface area contributed by atoms with Gasteiger partial charge in [0.1, 0.15) is 0 Å². The van der Waals surface area contributed by atoms with E-state index in [0.29, 0.717) is 0 Å². The third-order valence-corrected chi connectivity index (χ3v) is 6.00. The van der Waals surface area contributed by atoms with E-state index in [1.54, 1.807) is 6.92 Å². The molecule has 6 nitrogen and oxygen atoms in total. The van der Waals surface area contributed by atoms with Crippen LogP contribution in [0.1, 0.15) is 20.8 Å². The van der Waals surface area contributed by atoms with Crippen molar-refractivity contribution in [1.82, 2.24) is 9.44 Å². The Balaban J connectivity index is 3.18. The van der Waals surface area contributed by atoms with Gasteiger partial charge in [-0.05, 0) is 38.1 Å². The highest BCUT2D eigenvalue weighted by Crippen LogP contribution is 2.16. The van der Waals surface area contributed by atoms with E-state index in [9.17, 15) is 16.8 Å². The average Bonchev–Trinajstić information content (AvgIpc) is 2.38. The smallest absolute Gasteiger partial charge is 0.214 e. The highest BCUT2D eigenvalue weighted by Gasteiger charge is 2.21. The molecule has 0 saturated heterocycles. The summed E-state index contributed by atoms with van der Waals surface area (Å²) < 4.78 is 52.4. The molecule has 1 atom stereocenters. The fraction of sp³-hybridized carbons (Fsp3) is 0.500. The molecule has 1 aromatic carbocycles. The second-order valence-corrected chi connectivity index (χ2v) is 8.44. The van der Waals surface area contributed by atoms with E-state index >= 15 is 0 Å². The highest BCUT2D eigenvalue weighted by atomic mass is 32.2. The van der Waals surface area contributed by atoms with E-state index in [2.05, 4.69) is 9.44 Å². The molecule has 0 bridgehead atoms. The van der Waals surface area contributed by atoms with Crippen molar-refractivity contribution in [3.05, 3.63) is 24.3 Å². The minimum Gasteiger partial charge on any atom is -0.214 e. The topological polar surface area (TPSA) is 92.3 Å². The van der Waals surface area contributed by atoms with Crippen molar-refractivity contribution in [2.24, 2.45) is 5.92 Å². The SMILES string of the molecule is CNS(=O)(=O)c1cccc(S(=O)(=O)N[C@@H](C)C(C)C)c1. The Hall–Kier alpha value is -0.960. The van der Waals surface area contributed by atoms with Crippen LogP contribution in [0.5, 0.6) is 0 Å². The van der Waals surface area contributed by atoms with Crippen LogP contribution in [0.2, 0.25) is 0 Å². The molecular formula is C12H20N2O4S2. The van der Waals surface area contributed by atoms with E-state index in [-0.39, 0.29) is 21.8 Å². The molecule has 1 rings (SSSR count).